The van der Waals surface area contributed by atoms with E-state index in [1.807, 2.05) is 48.0 Å². The monoisotopic (exact) mass is 395 g/mol. The second-order valence-corrected chi connectivity index (χ2v) is 7.36. The van der Waals surface area contributed by atoms with Gasteiger partial charge in [-0.15, -0.1) is 0 Å². The Kier molecular flexibility index (Phi) is 7.90. The second kappa shape index (κ2) is 9.92. The lowest BCUT2D eigenvalue weighted by molar-refractivity contribution is 0.0676. The van der Waals surface area contributed by atoms with E-state index in [0.717, 1.165) is 17.7 Å². The van der Waals surface area contributed by atoms with Crippen molar-refractivity contribution in [3.63, 3.8) is 0 Å². The van der Waals surface area contributed by atoms with Crippen LogP contribution in [0.4, 0.5) is 0 Å². The number of hydrogen-bond acceptors (Lipinski definition) is 4. The molecule has 1 aromatic carbocycles. The van der Waals surface area contributed by atoms with Crippen LogP contribution < -0.4 is 10.6 Å². The molecule has 2 rings (SSSR count). The van der Waals surface area contributed by atoms with Crippen molar-refractivity contribution in [1.82, 2.24) is 10.6 Å². The summed E-state index contributed by atoms with van der Waals surface area (Å²) in [5.41, 5.74) is 0.861. The van der Waals surface area contributed by atoms with Crippen molar-refractivity contribution in [3.8, 4) is 0 Å². The number of ether oxygens (including phenoxy) is 1. The van der Waals surface area contributed by atoms with Gasteiger partial charge in [-0.3, -0.25) is 0 Å². The van der Waals surface area contributed by atoms with Crippen molar-refractivity contribution in [2.75, 3.05) is 26.7 Å². The molecule has 5 nitrogen and oxygen atoms in total. The molecular weight excluding hydrogens is 370 g/mol. The van der Waals surface area contributed by atoms with Crippen LogP contribution in [0.2, 0.25) is 5.02 Å². The number of nitrogens with zero attached hydrogens (tertiary/aromatic N) is 1. The quantitative estimate of drug-likeness (QED) is 0.472. The normalized spacial score (nSPS) is 15.3. The summed E-state index contributed by atoms with van der Waals surface area (Å²) < 4.78 is 5.57. The number of halogens is 1. The molecule has 1 heterocycles. The summed E-state index contributed by atoms with van der Waals surface area (Å²) in [6.07, 6.45) is -0.157. The first-order valence-corrected chi connectivity index (χ1v) is 9.84. The highest BCUT2D eigenvalue weighted by molar-refractivity contribution is 7.08. The van der Waals surface area contributed by atoms with Gasteiger partial charge in [-0.2, -0.15) is 11.3 Å². The lowest BCUT2D eigenvalue weighted by Gasteiger charge is -2.22. The van der Waals surface area contributed by atoms with E-state index in [2.05, 4.69) is 15.6 Å². The van der Waals surface area contributed by atoms with Gasteiger partial charge < -0.3 is 20.5 Å². The predicted molar refractivity (Wildman–Crippen MR) is 109 cm³/mol. The first-order valence-electron chi connectivity index (χ1n) is 8.51. The number of rotatable bonds is 8. The highest BCUT2D eigenvalue weighted by Crippen LogP contribution is 2.23. The SMILES string of the molecule is CCNC(=NCC(C)(O)c1ccsc1)NCC(OC)c1cccc(Cl)c1. The Balaban J connectivity index is 2.02. The molecule has 142 valence electrons. The van der Waals surface area contributed by atoms with E-state index in [4.69, 9.17) is 16.3 Å². The molecule has 0 radical (unpaired) electrons. The molecule has 0 saturated carbocycles. The van der Waals surface area contributed by atoms with Crippen molar-refractivity contribution in [3.05, 3.63) is 57.2 Å². The molecule has 1 aromatic heterocycles. The predicted octanol–water partition coefficient (Wildman–Crippen LogP) is 3.55. The first-order chi connectivity index (χ1) is 12.5. The van der Waals surface area contributed by atoms with Gasteiger partial charge in [0, 0.05) is 25.2 Å². The summed E-state index contributed by atoms with van der Waals surface area (Å²) in [5, 5.41) is 21.7. The van der Waals surface area contributed by atoms with E-state index in [1.54, 1.807) is 25.4 Å². The number of aliphatic hydroxyl groups is 1. The lowest BCUT2D eigenvalue weighted by Crippen LogP contribution is -2.40. The molecule has 7 heteroatoms. The summed E-state index contributed by atoms with van der Waals surface area (Å²) in [7, 11) is 1.67. The fourth-order valence-corrected chi connectivity index (χ4v) is 3.45. The zero-order valence-electron chi connectivity index (χ0n) is 15.3. The third-order valence-electron chi connectivity index (χ3n) is 3.99. The highest BCUT2D eigenvalue weighted by Gasteiger charge is 2.23. The first kappa shape index (κ1) is 20.7. The molecular formula is C19H26ClN3O2S. The Morgan fingerprint density at radius 3 is 2.81 bits per heavy atom. The molecule has 0 aliphatic heterocycles. The summed E-state index contributed by atoms with van der Waals surface area (Å²) in [4.78, 5) is 4.53. The van der Waals surface area contributed by atoms with Crippen LogP contribution in [0.3, 0.4) is 0 Å². The number of guanidine groups is 1. The van der Waals surface area contributed by atoms with E-state index in [1.165, 1.54) is 0 Å². The highest BCUT2D eigenvalue weighted by atomic mass is 35.5. The van der Waals surface area contributed by atoms with Crippen LogP contribution in [0.1, 0.15) is 31.1 Å². The molecule has 2 unspecified atom stereocenters. The lowest BCUT2D eigenvalue weighted by atomic mass is 10.00. The Bertz CT molecular complexity index is 705. The molecule has 26 heavy (non-hydrogen) atoms. The van der Waals surface area contributed by atoms with E-state index >= 15 is 0 Å². The van der Waals surface area contributed by atoms with Crippen molar-refractivity contribution in [2.24, 2.45) is 4.99 Å². The van der Waals surface area contributed by atoms with Crippen LogP contribution in [-0.4, -0.2) is 37.8 Å². The van der Waals surface area contributed by atoms with Gasteiger partial charge in [-0.25, -0.2) is 4.99 Å². The van der Waals surface area contributed by atoms with E-state index in [9.17, 15) is 5.11 Å². The van der Waals surface area contributed by atoms with Gasteiger partial charge in [0.05, 0.1) is 12.6 Å². The summed E-state index contributed by atoms with van der Waals surface area (Å²) >= 11 is 7.63. The summed E-state index contributed by atoms with van der Waals surface area (Å²) in [6, 6.07) is 9.53. The average molecular weight is 396 g/mol. The molecule has 3 N–H and O–H groups in total. The Morgan fingerprint density at radius 2 is 2.19 bits per heavy atom. The zero-order valence-corrected chi connectivity index (χ0v) is 16.9. The van der Waals surface area contributed by atoms with Gasteiger partial charge in [0.25, 0.3) is 0 Å². The summed E-state index contributed by atoms with van der Waals surface area (Å²) in [5.74, 6) is 0.632. The molecule has 2 atom stereocenters. The smallest absolute Gasteiger partial charge is 0.191 e. The minimum absolute atomic E-state index is 0.157. The van der Waals surface area contributed by atoms with Crippen LogP contribution in [0.5, 0.6) is 0 Å². The number of benzene rings is 1. The van der Waals surface area contributed by atoms with Crippen LogP contribution in [-0.2, 0) is 10.3 Å². The number of nitrogens with one attached hydrogen (secondary N) is 2. The molecule has 2 aromatic rings. The van der Waals surface area contributed by atoms with Gasteiger partial charge in [-0.1, -0.05) is 23.7 Å². The van der Waals surface area contributed by atoms with E-state index < -0.39 is 5.60 Å². The molecule has 0 saturated heterocycles. The minimum Gasteiger partial charge on any atom is -0.383 e. The van der Waals surface area contributed by atoms with Gasteiger partial charge in [0.2, 0.25) is 0 Å². The third kappa shape index (κ3) is 5.99. The Labute approximate surface area is 164 Å². The fraction of sp³-hybridized carbons (Fsp3) is 0.421. The van der Waals surface area contributed by atoms with Crippen molar-refractivity contribution in [2.45, 2.75) is 25.6 Å². The van der Waals surface area contributed by atoms with Gasteiger partial charge >= 0.3 is 0 Å². The maximum absolute atomic E-state index is 10.6. The molecule has 0 amide bonds. The molecule has 0 spiro atoms. The fourth-order valence-electron chi connectivity index (χ4n) is 2.47. The van der Waals surface area contributed by atoms with Crippen molar-refractivity contribution in [1.29, 1.82) is 0 Å². The minimum atomic E-state index is -1.00. The standard InChI is InChI=1S/C19H26ClN3O2S/c1-4-21-18(23-13-19(2,24)15-8-9-26-12-15)22-11-17(25-3)14-6-5-7-16(20)10-14/h5-10,12,17,24H,4,11,13H2,1-3H3,(H2,21,22,23). The van der Waals surface area contributed by atoms with E-state index in [-0.39, 0.29) is 12.6 Å². The number of hydrogen-bond donors (Lipinski definition) is 3. The molecule has 0 aliphatic carbocycles. The van der Waals surface area contributed by atoms with Crippen LogP contribution >= 0.6 is 22.9 Å². The Hall–Kier alpha value is -1.60. The number of aliphatic imine (C=N–C) groups is 1. The van der Waals surface area contributed by atoms with Crippen molar-refractivity contribution >= 4 is 28.9 Å². The van der Waals surface area contributed by atoms with E-state index in [0.29, 0.717) is 17.5 Å². The van der Waals surface area contributed by atoms with Crippen LogP contribution in [0.25, 0.3) is 0 Å². The zero-order chi connectivity index (χ0) is 19.0. The summed E-state index contributed by atoms with van der Waals surface area (Å²) in [6.45, 7) is 5.28. The van der Waals surface area contributed by atoms with Gasteiger partial charge in [0.1, 0.15) is 5.60 Å². The van der Waals surface area contributed by atoms with Crippen molar-refractivity contribution < 1.29 is 9.84 Å². The second-order valence-electron chi connectivity index (χ2n) is 6.14. The number of thiophene rings is 1. The van der Waals surface area contributed by atoms with Crippen LogP contribution in [0, 0.1) is 0 Å². The van der Waals surface area contributed by atoms with Gasteiger partial charge in [-0.05, 0) is 53.9 Å². The van der Waals surface area contributed by atoms with Gasteiger partial charge in [0.15, 0.2) is 5.96 Å². The molecule has 0 fully saturated rings. The maximum Gasteiger partial charge on any atom is 0.191 e. The topological polar surface area (TPSA) is 65.9 Å². The molecule has 0 aliphatic rings. The largest absolute Gasteiger partial charge is 0.383 e. The third-order valence-corrected chi connectivity index (χ3v) is 4.91. The molecule has 0 bridgehead atoms. The Morgan fingerprint density at radius 1 is 1.38 bits per heavy atom. The average Bonchev–Trinajstić information content (AvgIpc) is 3.16. The maximum atomic E-state index is 10.6. The van der Waals surface area contributed by atoms with Crippen LogP contribution in [0.15, 0.2) is 46.1 Å². The number of methoxy groups -OCH3 is 1.